The van der Waals surface area contributed by atoms with E-state index in [1.54, 1.807) is 6.07 Å². The largest absolute Gasteiger partial charge is 0.573 e. The molecular weight excluding hydrogens is 325 g/mol. The summed E-state index contributed by atoms with van der Waals surface area (Å²) < 4.78 is 42.8. The second kappa shape index (κ2) is 8.01. The topological polar surface area (TPSA) is 9.23 Å². The number of ether oxygens (including phenoxy) is 1. The lowest BCUT2D eigenvalue weighted by molar-refractivity contribution is -0.275. The lowest BCUT2D eigenvalue weighted by Crippen LogP contribution is -2.20. The number of alkyl halides is 3. The summed E-state index contributed by atoms with van der Waals surface area (Å²) in [6, 6.07) is 5.47. The molecule has 0 radical (unpaired) electrons. The normalized spacial score (nSPS) is 25.8. The van der Waals surface area contributed by atoms with Crippen LogP contribution in [0, 0.1) is 5.92 Å². The highest BCUT2D eigenvalue weighted by Gasteiger charge is 2.33. The molecule has 2 saturated carbocycles. The summed E-state index contributed by atoms with van der Waals surface area (Å²) in [5.41, 5.74) is 2.00. The van der Waals surface area contributed by atoms with E-state index in [9.17, 15) is 13.2 Å². The van der Waals surface area contributed by atoms with Gasteiger partial charge in [-0.25, -0.2) is 0 Å². The van der Waals surface area contributed by atoms with Crippen LogP contribution in [0.15, 0.2) is 18.2 Å². The van der Waals surface area contributed by atoms with Gasteiger partial charge in [0.1, 0.15) is 5.75 Å². The zero-order chi connectivity index (χ0) is 17.9. The Morgan fingerprint density at radius 3 is 2.20 bits per heavy atom. The van der Waals surface area contributed by atoms with Gasteiger partial charge in [-0.1, -0.05) is 44.7 Å². The lowest BCUT2D eigenvalue weighted by Gasteiger charge is -2.30. The van der Waals surface area contributed by atoms with E-state index in [1.807, 2.05) is 12.1 Å². The summed E-state index contributed by atoms with van der Waals surface area (Å²) in [6.45, 7) is 2.25. The van der Waals surface area contributed by atoms with E-state index < -0.39 is 6.36 Å². The second-order valence-electron chi connectivity index (χ2n) is 7.81. The molecule has 140 valence electrons. The van der Waals surface area contributed by atoms with Gasteiger partial charge in [-0.3, -0.25) is 0 Å². The summed E-state index contributed by atoms with van der Waals surface area (Å²) in [5, 5.41) is 0. The number of rotatable bonds is 4. The molecule has 25 heavy (non-hydrogen) atoms. The average Bonchev–Trinajstić information content (AvgIpc) is 2.62. The molecule has 0 atom stereocenters. The Kier molecular flexibility index (Phi) is 5.96. The minimum Gasteiger partial charge on any atom is -0.405 e. The molecule has 2 fully saturated rings. The minimum atomic E-state index is -4.62. The fourth-order valence-electron chi connectivity index (χ4n) is 4.68. The van der Waals surface area contributed by atoms with E-state index in [4.69, 9.17) is 0 Å². The van der Waals surface area contributed by atoms with Crippen molar-refractivity contribution in [3.8, 4) is 5.75 Å². The van der Waals surface area contributed by atoms with Crippen LogP contribution in [-0.4, -0.2) is 6.36 Å². The Hall–Kier alpha value is -1.19. The molecule has 0 saturated heterocycles. The van der Waals surface area contributed by atoms with Crippen molar-refractivity contribution in [1.29, 1.82) is 0 Å². The van der Waals surface area contributed by atoms with Crippen LogP contribution in [0.4, 0.5) is 13.2 Å². The Morgan fingerprint density at radius 1 is 0.920 bits per heavy atom. The molecule has 1 aromatic carbocycles. The molecule has 0 unspecified atom stereocenters. The van der Waals surface area contributed by atoms with E-state index in [0.29, 0.717) is 5.92 Å². The van der Waals surface area contributed by atoms with Crippen LogP contribution in [0.5, 0.6) is 5.75 Å². The maximum atomic E-state index is 12.8. The number of hydrogen-bond donors (Lipinski definition) is 0. The first kappa shape index (κ1) is 18.6. The van der Waals surface area contributed by atoms with Gasteiger partial charge in [0, 0.05) is 0 Å². The zero-order valence-corrected chi connectivity index (χ0v) is 15.1. The molecule has 0 bridgehead atoms. The molecule has 0 spiro atoms. The van der Waals surface area contributed by atoms with Gasteiger partial charge in [0.15, 0.2) is 0 Å². The van der Waals surface area contributed by atoms with E-state index in [2.05, 4.69) is 11.7 Å². The van der Waals surface area contributed by atoms with Crippen molar-refractivity contribution in [2.75, 3.05) is 0 Å². The van der Waals surface area contributed by atoms with Gasteiger partial charge in [-0.05, 0) is 73.5 Å². The molecule has 3 rings (SSSR count). The highest BCUT2D eigenvalue weighted by Crippen LogP contribution is 2.43. The first-order chi connectivity index (χ1) is 12.0. The summed E-state index contributed by atoms with van der Waals surface area (Å²) in [7, 11) is 0. The highest BCUT2D eigenvalue weighted by atomic mass is 19.4. The molecule has 4 heteroatoms. The molecular formula is C21H29F3O. The molecule has 0 aliphatic heterocycles. The van der Waals surface area contributed by atoms with Crippen LogP contribution >= 0.6 is 0 Å². The standard InChI is InChI=1S/C21H29F3O/c1-2-15-8-10-16(11-9-15)18-12-13-20(25-21(22,23)24)19(14-18)17-6-4-3-5-7-17/h12-17H,2-11H2,1H3. The fraction of sp³-hybridized carbons (Fsp3) is 0.714. The van der Waals surface area contributed by atoms with Crippen molar-refractivity contribution in [3.63, 3.8) is 0 Å². The van der Waals surface area contributed by atoms with E-state index in [-0.39, 0.29) is 11.7 Å². The van der Waals surface area contributed by atoms with E-state index in [1.165, 1.54) is 31.2 Å². The third-order valence-electron chi connectivity index (χ3n) is 6.20. The first-order valence-corrected chi connectivity index (χ1v) is 9.86. The Morgan fingerprint density at radius 2 is 1.60 bits per heavy atom. The Balaban J connectivity index is 1.83. The zero-order valence-electron chi connectivity index (χ0n) is 15.1. The fourth-order valence-corrected chi connectivity index (χ4v) is 4.68. The number of hydrogen-bond acceptors (Lipinski definition) is 1. The highest BCUT2D eigenvalue weighted by molar-refractivity contribution is 5.41. The van der Waals surface area contributed by atoms with E-state index in [0.717, 1.165) is 50.0 Å². The molecule has 0 N–H and O–H groups in total. The predicted octanol–water partition coefficient (Wildman–Crippen LogP) is 7.32. The summed E-state index contributed by atoms with van der Waals surface area (Å²) in [4.78, 5) is 0. The SMILES string of the molecule is CCC1CCC(c2ccc(OC(F)(F)F)c(C3CCCCC3)c2)CC1. The van der Waals surface area contributed by atoms with Crippen molar-refractivity contribution in [1.82, 2.24) is 0 Å². The summed E-state index contributed by atoms with van der Waals surface area (Å²) in [6.07, 6.45) is 6.73. The molecule has 2 aliphatic rings. The number of halogens is 3. The molecule has 2 aliphatic carbocycles. The second-order valence-corrected chi connectivity index (χ2v) is 7.81. The third kappa shape index (κ3) is 4.92. The van der Waals surface area contributed by atoms with Crippen molar-refractivity contribution < 1.29 is 17.9 Å². The van der Waals surface area contributed by atoms with Gasteiger partial charge in [-0.15, -0.1) is 13.2 Å². The maximum absolute atomic E-state index is 12.8. The average molecular weight is 354 g/mol. The van der Waals surface area contributed by atoms with Gasteiger partial charge in [0.25, 0.3) is 0 Å². The van der Waals surface area contributed by atoms with Gasteiger partial charge in [0.05, 0.1) is 0 Å². The summed E-state index contributed by atoms with van der Waals surface area (Å²) in [5.74, 6) is 1.54. The monoisotopic (exact) mass is 354 g/mol. The molecule has 0 aromatic heterocycles. The van der Waals surface area contributed by atoms with Crippen LogP contribution in [0.3, 0.4) is 0 Å². The Bertz CT molecular complexity index is 553. The van der Waals surface area contributed by atoms with Gasteiger partial charge >= 0.3 is 6.36 Å². The van der Waals surface area contributed by atoms with Crippen LogP contribution < -0.4 is 4.74 Å². The maximum Gasteiger partial charge on any atom is 0.573 e. The minimum absolute atomic E-state index is 0.0189. The smallest absolute Gasteiger partial charge is 0.405 e. The van der Waals surface area contributed by atoms with E-state index >= 15 is 0 Å². The third-order valence-corrected chi connectivity index (χ3v) is 6.20. The van der Waals surface area contributed by atoms with Crippen LogP contribution in [-0.2, 0) is 0 Å². The van der Waals surface area contributed by atoms with Crippen LogP contribution in [0.25, 0.3) is 0 Å². The lowest BCUT2D eigenvalue weighted by atomic mass is 9.76. The van der Waals surface area contributed by atoms with Gasteiger partial charge in [-0.2, -0.15) is 0 Å². The van der Waals surface area contributed by atoms with Gasteiger partial charge in [0.2, 0.25) is 0 Å². The van der Waals surface area contributed by atoms with Crippen molar-refractivity contribution in [2.24, 2.45) is 5.92 Å². The van der Waals surface area contributed by atoms with Crippen LogP contribution in [0.1, 0.15) is 94.1 Å². The van der Waals surface area contributed by atoms with Crippen LogP contribution in [0.2, 0.25) is 0 Å². The molecule has 1 nitrogen and oxygen atoms in total. The first-order valence-electron chi connectivity index (χ1n) is 9.86. The summed E-state index contributed by atoms with van der Waals surface area (Å²) >= 11 is 0. The molecule has 1 aromatic rings. The number of benzene rings is 1. The molecule has 0 heterocycles. The van der Waals surface area contributed by atoms with Crippen molar-refractivity contribution in [3.05, 3.63) is 29.3 Å². The molecule has 0 amide bonds. The quantitative estimate of drug-likeness (QED) is 0.550. The predicted molar refractivity (Wildman–Crippen MR) is 93.9 cm³/mol. The van der Waals surface area contributed by atoms with Gasteiger partial charge < -0.3 is 4.74 Å². The Labute approximate surface area is 149 Å². The van der Waals surface area contributed by atoms with Crippen molar-refractivity contribution in [2.45, 2.75) is 89.3 Å². The van der Waals surface area contributed by atoms with Crippen molar-refractivity contribution >= 4 is 0 Å².